The SMILES string of the molecule is O=P(c1ccccc1)(c1ccccc1)c1cccc(-c2ccc(-c3ccc(-c4ccc(-c5nc(-c6ccc(F)cc6)nc(-c6ccc(F)cc6)n5)cc4)c4ccccc34)cc2)c1. The highest BCUT2D eigenvalue weighted by Gasteiger charge is 2.29. The van der Waals surface area contributed by atoms with Crippen molar-refractivity contribution >= 4 is 33.8 Å². The number of nitrogens with zero attached hydrogens (tertiary/aromatic N) is 3. The van der Waals surface area contributed by atoms with Gasteiger partial charge in [-0.15, -0.1) is 0 Å². The summed E-state index contributed by atoms with van der Waals surface area (Å²) in [6.45, 7) is 0. The Kier molecular flexibility index (Phi) is 10.2. The minimum absolute atomic E-state index is 0.356. The van der Waals surface area contributed by atoms with E-state index in [4.69, 9.17) is 9.97 Å². The number of aromatic nitrogens is 3. The molecular weight excluding hydrogens is 788 g/mol. The van der Waals surface area contributed by atoms with Gasteiger partial charge < -0.3 is 4.57 Å². The lowest BCUT2D eigenvalue weighted by molar-refractivity contribution is 0.592. The summed E-state index contributed by atoms with van der Waals surface area (Å²) in [5.74, 6) is 0.510. The minimum atomic E-state index is -3.12. The summed E-state index contributed by atoms with van der Waals surface area (Å²) in [7, 11) is -3.12. The zero-order valence-corrected chi connectivity index (χ0v) is 34.1. The largest absolute Gasteiger partial charge is 0.309 e. The summed E-state index contributed by atoms with van der Waals surface area (Å²) in [6, 6.07) is 69.1. The molecule has 7 heteroatoms. The van der Waals surface area contributed by atoms with Crippen molar-refractivity contribution < 1.29 is 13.3 Å². The molecule has 0 aliphatic heterocycles. The second-order valence-corrected chi connectivity index (χ2v) is 17.8. The van der Waals surface area contributed by atoms with E-state index in [2.05, 4.69) is 89.9 Å². The molecule has 0 aliphatic rings. The summed E-state index contributed by atoms with van der Waals surface area (Å²) in [5, 5.41) is 4.65. The van der Waals surface area contributed by atoms with Crippen LogP contribution in [0.1, 0.15) is 0 Å². The second kappa shape index (κ2) is 16.4. The second-order valence-electron chi connectivity index (χ2n) is 15.0. The topological polar surface area (TPSA) is 55.7 Å². The van der Waals surface area contributed by atoms with Gasteiger partial charge in [0, 0.05) is 32.6 Å². The molecule has 296 valence electrons. The van der Waals surface area contributed by atoms with Gasteiger partial charge in [0.25, 0.3) is 0 Å². The molecule has 9 aromatic carbocycles. The van der Waals surface area contributed by atoms with Crippen molar-refractivity contribution in [1.82, 2.24) is 15.0 Å². The van der Waals surface area contributed by atoms with Gasteiger partial charge in [0.05, 0.1) is 0 Å². The fourth-order valence-electron chi connectivity index (χ4n) is 8.01. The Bertz CT molecular complexity index is 3140. The average molecular weight is 824 g/mol. The standard InChI is InChI=1S/C55H36F2N3OP/c56-44-30-26-41(27-31-44)54-58-53(59-55(60-54)42-28-32-45(57)33-29-42)40-24-22-39(23-25-40)50-35-34-49(51-16-7-8-17-52(50)51)38-20-18-37(19-21-38)43-10-9-15-48(36-43)62(61,46-11-3-1-4-12-46)47-13-5-2-6-14-47/h1-36H. The summed E-state index contributed by atoms with van der Waals surface area (Å²) >= 11 is 0. The van der Waals surface area contributed by atoms with Crippen LogP contribution in [0.15, 0.2) is 218 Å². The highest BCUT2D eigenvalue weighted by Crippen LogP contribution is 2.43. The van der Waals surface area contributed by atoms with Gasteiger partial charge in [-0.05, 0) is 98.8 Å². The fraction of sp³-hybridized carbons (Fsp3) is 0. The maximum Gasteiger partial charge on any atom is 0.171 e. The first-order chi connectivity index (χ1) is 30.4. The number of rotatable bonds is 9. The van der Waals surface area contributed by atoms with Crippen LogP contribution in [0, 0.1) is 11.6 Å². The first kappa shape index (κ1) is 38.5. The van der Waals surface area contributed by atoms with Crippen molar-refractivity contribution in [2.45, 2.75) is 0 Å². The van der Waals surface area contributed by atoms with Gasteiger partial charge in [-0.25, -0.2) is 23.7 Å². The molecule has 0 bridgehead atoms. The smallest absolute Gasteiger partial charge is 0.171 e. The van der Waals surface area contributed by atoms with Crippen molar-refractivity contribution in [1.29, 1.82) is 0 Å². The van der Waals surface area contributed by atoms with Crippen molar-refractivity contribution in [3.8, 4) is 67.5 Å². The van der Waals surface area contributed by atoms with E-state index >= 15 is 4.57 Å². The van der Waals surface area contributed by atoms with E-state index in [1.807, 2.05) is 84.9 Å². The Morgan fingerprint density at radius 3 is 1.10 bits per heavy atom. The molecule has 0 unspecified atom stereocenters. The molecule has 0 radical (unpaired) electrons. The van der Waals surface area contributed by atoms with Crippen LogP contribution >= 0.6 is 7.14 Å². The molecule has 1 aromatic heterocycles. The van der Waals surface area contributed by atoms with Gasteiger partial charge in [-0.3, -0.25) is 0 Å². The van der Waals surface area contributed by atoms with E-state index in [-0.39, 0.29) is 11.6 Å². The predicted octanol–water partition coefficient (Wildman–Crippen LogP) is 12.9. The van der Waals surface area contributed by atoms with Crippen molar-refractivity contribution in [3.63, 3.8) is 0 Å². The van der Waals surface area contributed by atoms with E-state index in [0.717, 1.165) is 65.6 Å². The third-order valence-electron chi connectivity index (χ3n) is 11.2. The quantitative estimate of drug-likeness (QED) is 0.136. The Morgan fingerprint density at radius 2 is 0.661 bits per heavy atom. The van der Waals surface area contributed by atoms with Crippen LogP contribution in [-0.2, 0) is 4.57 Å². The Balaban J connectivity index is 0.964. The van der Waals surface area contributed by atoms with Crippen LogP contribution in [0.25, 0.3) is 78.3 Å². The van der Waals surface area contributed by atoms with Gasteiger partial charge in [0.2, 0.25) is 0 Å². The average Bonchev–Trinajstić information content (AvgIpc) is 3.34. The minimum Gasteiger partial charge on any atom is -0.309 e. The molecule has 0 saturated carbocycles. The summed E-state index contributed by atoms with van der Waals surface area (Å²) in [4.78, 5) is 14.2. The highest BCUT2D eigenvalue weighted by molar-refractivity contribution is 7.85. The molecule has 0 fully saturated rings. The lowest BCUT2D eigenvalue weighted by Gasteiger charge is -2.20. The third kappa shape index (κ3) is 7.42. The van der Waals surface area contributed by atoms with Crippen LogP contribution in [-0.4, -0.2) is 15.0 Å². The van der Waals surface area contributed by atoms with E-state index in [1.54, 1.807) is 24.3 Å². The molecule has 0 amide bonds. The van der Waals surface area contributed by atoms with Crippen LogP contribution in [0.2, 0.25) is 0 Å². The first-order valence-electron chi connectivity index (χ1n) is 20.2. The molecular formula is C55H36F2N3OP. The molecule has 10 rings (SSSR count). The normalized spacial score (nSPS) is 11.5. The zero-order valence-electron chi connectivity index (χ0n) is 33.2. The van der Waals surface area contributed by atoms with E-state index in [9.17, 15) is 8.78 Å². The molecule has 10 aromatic rings. The Hall–Kier alpha value is -7.66. The summed E-state index contributed by atoms with van der Waals surface area (Å²) in [5.41, 5.74) is 8.41. The fourth-order valence-corrected chi connectivity index (χ4v) is 10.7. The molecule has 0 saturated heterocycles. The molecule has 1 heterocycles. The molecule has 0 atom stereocenters. The first-order valence-corrected chi connectivity index (χ1v) is 21.9. The number of fused-ring (bicyclic) bond motifs is 1. The Morgan fingerprint density at radius 1 is 0.306 bits per heavy atom. The number of benzene rings is 9. The van der Waals surface area contributed by atoms with Crippen molar-refractivity contribution in [2.24, 2.45) is 0 Å². The van der Waals surface area contributed by atoms with Gasteiger partial charge in [0.1, 0.15) is 11.6 Å². The van der Waals surface area contributed by atoms with Gasteiger partial charge in [-0.2, -0.15) is 0 Å². The lowest BCUT2D eigenvalue weighted by atomic mass is 9.91. The molecule has 0 N–H and O–H groups in total. The van der Waals surface area contributed by atoms with Crippen molar-refractivity contribution in [3.05, 3.63) is 230 Å². The predicted molar refractivity (Wildman–Crippen MR) is 249 cm³/mol. The number of halogens is 2. The molecule has 0 spiro atoms. The molecule has 62 heavy (non-hydrogen) atoms. The van der Waals surface area contributed by atoms with Crippen molar-refractivity contribution in [2.75, 3.05) is 0 Å². The molecule has 4 nitrogen and oxygen atoms in total. The van der Waals surface area contributed by atoms with E-state index in [0.29, 0.717) is 28.6 Å². The Labute approximate surface area is 358 Å². The highest BCUT2D eigenvalue weighted by atomic mass is 31.2. The van der Waals surface area contributed by atoms with Gasteiger partial charge in [0.15, 0.2) is 24.6 Å². The zero-order chi connectivity index (χ0) is 42.0. The summed E-state index contributed by atoms with van der Waals surface area (Å²) in [6.07, 6.45) is 0. The van der Waals surface area contributed by atoms with Gasteiger partial charge in [-0.1, -0.05) is 164 Å². The molecule has 0 aliphatic carbocycles. The van der Waals surface area contributed by atoms with Crippen LogP contribution < -0.4 is 15.9 Å². The van der Waals surface area contributed by atoms with E-state index in [1.165, 1.54) is 24.3 Å². The lowest BCUT2D eigenvalue weighted by Crippen LogP contribution is -2.25. The van der Waals surface area contributed by atoms with Gasteiger partial charge >= 0.3 is 0 Å². The summed E-state index contributed by atoms with van der Waals surface area (Å²) < 4.78 is 42.7. The number of hydrogen-bond acceptors (Lipinski definition) is 4. The third-order valence-corrected chi connectivity index (χ3v) is 14.3. The number of hydrogen-bond donors (Lipinski definition) is 0. The van der Waals surface area contributed by atoms with Crippen LogP contribution in [0.5, 0.6) is 0 Å². The maximum absolute atomic E-state index is 15.1. The monoisotopic (exact) mass is 823 g/mol. The van der Waals surface area contributed by atoms with E-state index < -0.39 is 7.14 Å². The maximum atomic E-state index is 15.1. The van der Waals surface area contributed by atoms with Crippen LogP contribution in [0.3, 0.4) is 0 Å². The van der Waals surface area contributed by atoms with Crippen LogP contribution in [0.4, 0.5) is 8.78 Å².